The van der Waals surface area contributed by atoms with Crippen LogP contribution in [0.1, 0.15) is 0 Å². The Morgan fingerprint density at radius 3 is 2.50 bits per heavy atom. The minimum Gasteiger partial charge on any atom is -0.114 e. The van der Waals surface area contributed by atoms with E-state index in [0.717, 1.165) is 9.81 Å². The molecule has 0 fully saturated rings. The van der Waals surface area contributed by atoms with E-state index >= 15 is 0 Å². The molecule has 0 amide bonds. The van der Waals surface area contributed by atoms with Gasteiger partial charge in [-0.1, -0.05) is 18.4 Å². The Hall–Kier alpha value is -1.40. The third-order valence-electron chi connectivity index (χ3n) is 1.17. The van der Waals surface area contributed by atoms with Gasteiger partial charge in [0.1, 0.15) is 0 Å². The summed E-state index contributed by atoms with van der Waals surface area (Å²) in [5.74, 6) is 13.5. The van der Waals surface area contributed by atoms with Crippen LogP contribution < -0.4 is 0 Å². The zero-order valence-corrected chi connectivity index (χ0v) is 8.97. The minimum absolute atomic E-state index is 0.915. The lowest BCUT2D eigenvalue weighted by Gasteiger charge is -2.02. The summed E-state index contributed by atoms with van der Waals surface area (Å²) in [5, 5.41) is 0. The molecule has 1 aliphatic rings. The van der Waals surface area contributed by atoms with Gasteiger partial charge in [0.05, 0.1) is 9.81 Å². The molecule has 0 atom stereocenters. The summed E-state index contributed by atoms with van der Waals surface area (Å²) < 4.78 is 0. The molecule has 0 aromatic rings. The van der Waals surface area contributed by atoms with Gasteiger partial charge in [0.2, 0.25) is 0 Å². The van der Waals surface area contributed by atoms with Crippen molar-refractivity contribution >= 4 is 21.6 Å². The smallest absolute Gasteiger partial charge is 0.0696 e. The molecule has 0 saturated heterocycles. The number of allylic oxidation sites excluding steroid dienone is 5. The highest BCUT2D eigenvalue weighted by Crippen LogP contribution is 2.38. The standard InChI is InChI=1S/C12H6S2/c1-3-5-6-7-8-12-10-9-11(4-2)13-14-12/h2-3,9-10H,1H2. The van der Waals surface area contributed by atoms with E-state index in [1.165, 1.54) is 16.9 Å². The Morgan fingerprint density at radius 2 is 1.93 bits per heavy atom. The molecule has 0 aromatic heterocycles. The van der Waals surface area contributed by atoms with E-state index in [4.69, 9.17) is 6.42 Å². The summed E-state index contributed by atoms with van der Waals surface area (Å²) in [6.45, 7) is 3.47. The van der Waals surface area contributed by atoms with Crippen LogP contribution in [-0.4, -0.2) is 0 Å². The molecule has 0 saturated carbocycles. The van der Waals surface area contributed by atoms with Crippen LogP contribution in [-0.2, 0) is 0 Å². The normalized spacial score (nSPS) is 13.1. The average molecular weight is 214 g/mol. The average Bonchev–Trinajstić information content (AvgIpc) is 2.25. The van der Waals surface area contributed by atoms with Gasteiger partial charge in [-0.3, -0.25) is 0 Å². The van der Waals surface area contributed by atoms with E-state index in [2.05, 4.69) is 36.2 Å². The van der Waals surface area contributed by atoms with Crippen LogP contribution in [0.3, 0.4) is 0 Å². The second kappa shape index (κ2) is 6.11. The number of rotatable bonds is 0. The molecule has 0 unspecified atom stereocenters. The van der Waals surface area contributed by atoms with Gasteiger partial charge < -0.3 is 0 Å². The second-order valence-electron chi connectivity index (χ2n) is 2.10. The molecule has 0 N–H and O–H groups in total. The summed E-state index contributed by atoms with van der Waals surface area (Å²) in [4.78, 5) is 1.88. The predicted molar refractivity (Wildman–Crippen MR) is 65.9 cm³/mol. The molecular weight excluding hydrogens is 208 g/mol. The van der Waals surface area contributed by atoms with Gasteiger partial charge >= 0.3 is 0 Å². The van der Waals surface area contributed by atoms with Crippen LogP contribution in [0.25, 0.3) is 0 Å². The third kappa shape index (κ3) is 3.55. The van der Waals surface area contributed by atoms with Crippen LogP contribution >= 0.6 is 21.6 Å². The highest BCUT2D eigenvalue weighted by atomic mass is 33.1. The molecule has 1 aliphatic heterocycles. The van der Waals surface area contributed by atoms with Crippen molar-refractivity contribution in [2.45, 2.75) is 0 Å². The molecule has 1 heterocycles. The second-order valence-corrected chi connectivity index (χ2v) is 4.31. The molecule has 14 heavy (non-hydrogen) atoms. The van der Waals surface area contributed by atoms with Crippen molar-refractivity contribution in [2.24, 2.45) is 0 Å². The molecule has 0 spiro atoms. The zero-order valence-electron chi connectivity index (χ0n) is 7.33. The molecule has 0 aliphatic carbocycles. The molecule has 2 heteroatoms. The lowest BCUT2D eigenvalue weighted by Crippen LogP contribution is -1.76. The van der Waals surface area contributed by atoms with Crippen LogP contribution in [0, 0.1) is 36.0 Å². The molecule has 1 rings (SSSR count). The van der Waals surface area contributed by atoms with Crippen LogP contribution in [0.2, 0.25) is 0 Å². The van der Waals surface area contributed by atoms with Gasteiger partial charge in [-0.15, -0.1) is 6.42 Å². The topological polar surface area (TPSA) is 0 Å². The summed E-state index contributed by atoms with van der Waals surface area (Å²) >= 11 is 0. The lowest BCUT2D eigenvalue weighted by molar-refractivity contribution is 1.91. The molecule has 0 radical (unpaired) electrons. The van der Waals surface area contributed by atoms with Crippen LogP contribution in [0.4, 0.5) is 0 Å². The van der Waals surface area contributed by atoms with E-state index in [0.29, 0.717) is 0 Å². The van der Waals surface area contributed by atoms with Crippen LogP contribution in [0.15, 0.2) is 34.6 Å². The quantitative estimate of drug-likeness (QED) is 0.449. The van der Waals surface area contributed by atoms with Gasteiger partial charge in [-0.2, -0.15) is 0 Å². The predicted octanol–water partition coefficient (Wildman–Crippen LogP) is 2.98. The highest BCUT2D eigenvalue weighted by Gasteiger charge is 2.02. The van der Waals surface area contributed by atoms with Gasteiger partial charge in [-0.25, -0.2) is 0 Å². The minimum atomic E-state index is 0.915. The fourth-order valence-electron chi connectivity index (χ4n) is 0.611. The Kier molecular flexibility index (Phi) is 4.66. The first-order valence-electron chi connectivity index (χ1n) is 3.72. The summed E-state index contributed by atoms with van der Waals surface area (Å²) in [7, 11) is 3.09. The van der Waals surface area contributed by atoms with Crippen molar-refractivity contribution < 1.29 is 0 Å². The Bertz CT molecular complexity index is 451. The molecule has 0 bridgehead atoms. The van der Waals surface area contributed by atoms with Gasteiger partial charge in [-0.05, 0) is 57.6 Å². The number of hydrogen-bond acceptors (Lipinski definition) is 2. The lowest BCUT2D eigenvalue weighted by atomic mass is 10.4. The molecule has 0 aromatic carbocycles. The van der Waals surface area contributed by atoms with Crippen molar-refractivity contribution in [1.29, 1.82) is 0 Å². The SMILES string of the molecule is C#CC1=CC=C(C#CC#CC=C)SS1. The fourth-order valence-corrected chi connectivity index (χ4v) is 2.32. The first kappa shape index (κ1) is 10.7. The maximum absolute atomic E-state index is 5.24. The van der Waals surface area contributed by atoms with E-state index in [1.54, 1.807) is 10.8 Å². The summed E-state index contributed by atoms with van der Waals surface area (Å²) in [5.41, 5.74) is 0. The van der Waals surface area contributed by atoms with E-state index in [9.17, 15) is 0 Å². The zero-order chi connectivity index (χ0) is 10.2. The van der Waals surface area contributed by atoms with Crippen molar-refractivity contribution in [1.82, 2.24) is 0 Å². The van der Waals surface area contributed by atoms with Crippen molar-refractivity contribution in [3.63, 3.8) is 0 Å². The number of terminal acetylenes is 1. The summed E-state index contributed by atoms with van der Waals surface area (Å²) in [6.07, 6.45) is 10.5. The Labute approximate surface area is 92.3 Å². The first-order chi connectivity index (χ1) is 6.86. The Morgan fingerprint density at radius 1 is 1.21 bits per heavy atom. The van der Waals surface area contributed by atoms with Gasteiger partial charge in [0.15, 0.2) is 0 Å². The monoisotopic (exact) mass is 214 g/mol. The maximum atomic E-state index is 5.24. The third-order valence-corrected chi connectivity index (χ3v) is 3.43. The molecule has 0 nitrogen and oxygen atoms in total. The van der Waals surface area contributed by atoms with Gasteiger partial charge in [0, 0.05) is 0 Å². The van der Waals surface area contributed by atoms with Crippen LogP contribution in [0.5, 0.6) is 0 Å². The van der Waals surface area contributed by atoms with E-state index in [1.807, 2.05) is 12.2 Å². The van der Waals surface area contributed by atoms with Gasteiger partial charge in [0.25, 0.3) is 0 Å². The van der Waals surface area contributed by atoms with Crippen molar-refractivity contribution in [2.75, 3.05) is 0 Å². The summed E-state index contributed by atoms with van der Waals surface area (Å²) in [6, 6.07) is 0. The first-order valence-corrected chi connectivity index (χ1v) is 5.87. The van der Waals surface area contributed by atoms with E-state index in [-0.39, 0.29) is 0 Å². The maximum Gasteiger partial charge on any atom is 0.0696 e. The Balaban J connectivity index is 2.68. The fraction of sp³-hybridized carbons (Fsp3) is 0. The van der Waals surface area contributed by atoms with Crippen molar-refractivity contribution in [3.8, 4) is 36.0 Å². The number of hydrogen-bond donors (Lipinski definition) is 0. The van der Waals surface area contributed by atoms with Crippen molar-refractivity contribution in [3.05, 3.63) is 34.6 Å². The molecule has 66 valence electrons. The largest absolute Gasteiger partial charge is 0.114 e. The molecular formula is C12H6S2. The highest BCUT2D eigenvalue weighted by molar-refractivity contribution is 8.79. The van der Waals surface area contributed by atoms with E-state index < -0.39 is 0 Å².